The van der Waals surface area contributed by atoms with Crippen molar-refractivity contribution in [2.45, 2.75) is 13.0 Å². The molecule has 0 radical (unpaired) electrons. The van der Waals surface area contributed by atoms with Gasteiger partial charge in [-0.1, -0.05) is 52.3 Å². The quantitative estimate of drug-likeness (QED) is 0.626. The maximum atomic E-state index is 3.47. The molecule has 2 aromatic carbocycles. The summed E-state index contributed by atoms with van der Waals surface area (Å²) in [6.07, 6.45) is 4.42. The molecule has 0 N–H and O–H groups in total. The summed E-state index contributed by atoms with van der Waals surface area (Å²) in [5, 5.41) is 2.59. The zero-order valence-corrected chi connectivity index (χ0v) is 11.8. The fourth-order valence-corrected chi connectivity index (χ4v) is 2.51. The minimum atomic E-state index is 0.352. The lowest BCUT2D eigenvalue weighted by atomic mass is 10.1. The largest absolute Gasteiger partial charge is 0.346 e. The molecule has 3 rings (SSSR count). The maximum absolute atomic E-state index is 3.47. The highest BCUT2D eigenvalue weighted by atomic mass is 79.9. The van der Waals surface area contributed by atoms with E-state index in [0.717, 1.165) is 4.47 Å². The van der Waals surface area contributed by atoms with Gasteiger partial charge < -0.3 is 4.57 Å². The molecule has 1 nitrogen and oxygen atoms in total. The molecule has 0 unspecified atom stereocenters. The molecule has 0 aliphatic rings. The molecule has 3 aromatic rings. The number of hydrogen-bond acceptors (Lipinski definition) is 0. The molecule has 0 saturated carbocycles. The molecule has 1 aromatic heterocycles. The fraction of sp³-hybridized carbons (Fsp3) is 0.125. The van der Waals surface area contributed by atoms with E-state index in [1.54, 1.807) is 0 Å². The molecule has 0 aliphatic carbocycles. The van der Waals surface area contributed by atoms with Gasteiger partial charge in [-0.2, -0.15) is 0 Å². The van der Waals surface area contributed by atoms with Crippen LogP contribution in [0.4, 0.5) is 0 Å². The van der Waals surface area contributed by atoms with Gasteiger partial charge in [-0.15, -0.1) is 0 Å². The fourth-order valence-electron chi connectivity index (χ4n) is 2.24. The lowest BCUT2D eigenvalue weighted by Crippen LogP contribution is -2.03. The monoisotopic (exact) mass is 299 g/mol. The van der Waals surface area contributed by atoms with Crippen LogP contribution in [0, 0.1) is 0 Å². The van der Waals surface area contributed by atoms with E-state index in [2.05, 4.69) is 88.3 Å². The first-order valence-corrected chi connectivity index (χ1v) is 6.85. The SMILES string of the molecule is C[C@H](c1ccc(Br)cc1)n1cc2ccccc2c1. The van der Waals surface area contributed by atoms with Crippen molar-refractivity contribution in [2.75, 3.05) is 0 Å². The zero-order chi connectivity index (χ0) is 12.5. The van der Waals surface area contributed by atoms with Crippen molar-refractivity contribution >= 4 is 26.7 Å². The van der Waals surface area contributed by atoms with Crippen molar-refractivity contribution in [1.82, 2.24) is 4.57 Å². The second-order valence-corrected chi connectivity index (χ2v) is 5.48. The lowest BCUT2D eigenvalue weighted by molar-refractivity contribution is 0.645. The summed E-state index contributed by atoms with van der Waals surface area (Å²) in [6, 6.07) is 17.3. The van der Waals surface area contributed by atoms with Crippen LogP contribution in [0.2, 0.25) is 0 Å². The van der Waals surface area contributed by atoms with Crippen molar-refractivity contribution in [1.29, 1.82) is 0 Å². The van der Waals surface area contributed by atoms with Gasteiger partial charge in [0.2, 0.25) is 0 Å². The Morgan fingerprint density at radius 2 is 1.44 bits per heavy atom. The van der Waals surface area contributed by atoms with E-state index in [1.807, 2.05) is 0 Å². The van der Waals surface area contributed by atoms with Gasteiger partial charge in [0, 0.05) is 16.9 Å². The number of rotatable bonds is 2. The molecular weight excluding hydrogens is 286 g/mol. The van der Waals surface area contributed by atoms with Crippen molar-refractivity contribution in [3.05, 3.63) is 71.0 Å². The molecule has 90 valence electrons. The Morgan fingerprint density at radius 3 is 2.00 bits per heavy atom. The van der Waals surface area contributed by atoms with Crippen LogP contribution in [0.15, 0.2) is 65.4 Å². The first-order chi connectivity index (χ1) is 8.74. The van der Waals surface area contributed by atoms with Crippen LogP contribution in [-0.4, -0.2) is 4.57 Å². The van der Waals surface area contributed by atoms with Crippen LogP contribution >= 0.6 is 15.9 Å². The number of aromatic nitrogens is 1. The van der Waals surface area contributed by atoms with Gasteiger partial charge in [0.05, 0.1) is 6.04 Å². The number of benzene rings is 2. The number of hydrogen-bond donors (Lipinski definition) is 0. The highest BCUT2D eigenvalue weighted by molar-refractivity contribution is 9.10. The average molecular weight is 300 g/mol. The van der Waals surface area contributed by atoms with Crippen molar-refractivity contribution < 1.29 is 0 Å². The van der Waals surface area contributed by atoms with Crippen molar-refractivity contribution in [2.24, 2.45) is 0 Å². The van der Waals surface area contributed by atoms with E-state index in [9.17, 15) is 0 Å². The summed E-state index contributed by atoms with van der Waals surface area (Å²) in [7, 11) is 0. The lowest BCUT2D eigenvalue weighted by Gasteiger charge is -2.14. The highest BCUT2D eigenvalue weighted by Gasteiger charge is 2.08. The smallest absolute Gasteiger partial charge is 0.0552 e. The molecule has 1 heterocycles. The molecule has 0 saturated heterocycles. The third-order valence-electron chi connectivity index (χ3n) is 3.37. The van der Waals surface area contributed by atoms with Crippen LogP contribution in [0.5, 0.6) is 0 Å². The maximum Gasteiger partial charge on any atom is 0.0552 e. The standard InChI is InChI=1S/C16H14BrN/c1-12(13-6-8-16(17)9-7-13)18-10-14-4-2-3-5-15(14)11-18/h2-12H,1H3/t12-/m1/s1. The summed E-state index contributed by atoms with van der Waals surface area (Å²) >= 11 is 3.47. The van der Waals surface area contributed by atoms with Crippen LogP contribution in [0.3, 0.4) is 0 Å². The van der Waals surface area contributed by atoms with E-state index < -0.39 is 0 Å². The van der Waals surface area contributed by atoms with Gasteiger partial charge >= 0.3 is 0 Å². The molecule has 0 fully saturated rings. The second-order valence-electron chi connectivity index (χ2n) is 4.56. The van der Waals surface area contributed by atoms with Crippen LogP contribution in [0.1, 0.15) is 18.5 Å². The first kappa shape index (κ1) is 11.5. The Labute approximate surface area is 115 Å². The normalized spacial score (nSPS) is 12.8. The van der Waals surface area contributed by atoms with Crippen molar-refractivity contribution in [3.63, 3.8) is 0 Å². The van der Waals surface area contributed by atoms with E-state index in [1.165, 1.54) is 16.3 Å². The van der Waals surface area contributed by atoms with Crippen LogP contribution < -0.4 is 0 Å². The van der Waals surface area contributed by atoms with Gasteiger partial charge in [-0.25, -0.2) is 0 Å². The molecule has 2 heteroatoms. The summed E-state index contributed by atoms with van der Waals surface area (Å²) in [5.74, 6) is 0. The molecule has 0 aliphatic heterocycles. The summed E-state index contributed by atoms with van der Waals surface area (Å²) in [4.78, 5) is 0. The van der Waals surface area contributed by atoms with Crippen LogP contribution in [0.25, 0.3) is 10.8 Å². The topological polar surface area (TPSA) is 4.93 Å². The third-order valence-corrected chi connectivity index (χ3v) is 3.90. The molecule has 0 bridgehead atoms. The number of nitrogens with zero attached hydrogens (tertiary/aromatic N) is 1. The molecule has 18 heavy (non-hydrogen) atoms. The summed E-state index contributed by atoms with van der Waals surface area (Å²) in [5.41, 5.74) is 1.32. The van der Waals surface area contributed by atoms with Gasteiger partial charge in [-0.3, -0.25) is 0 Å². The Hall–Kier alpha value is -1.54. The van der Waals surface area contributed by atoms with E-state index in [-0.39, 0.29) is 0 Å². The Bertz CT molecular complexity index is 634. The molecule has 0 amide bonds. The minimum absolute atomic E-state index is 0.352. The zero-order valence-electron chi connectivity index (χ0n) is 10.2. The molecular formula is C16H14BrN. The Kier molecular flexibility index (Phi) is 2.96. The van der Waals surface area contributed by atoms with Crippen LogP contribution in [-0.2, 0) is 0 Å². The van der Waals surface area contributed by atoms with Crippen molar-refractivity contribution in [3.8, 4) is 0 Å². The first-order valence-electron chi connectivity index (χ1n) is 6.06. The number of fused-ring (bicyclic) bond motifs is 1. The minimum Gasteiger partial charge on any atom is -0.346 e. The average Bonchev–Trinajstić information content (AvgIpc) is 2.82. The van der Waals surface area contributed by atoms with Gasteiger partial charge in [-0.05, 0) is 35.4 Å². The third kappa shape index (κ3) is 2.08. The van der Waals surface area contributed by atoms with Gasteiger partial charge in [0.1, 0.15) is 0 Å². The molecule has 1 atom stereocenters. The highest BCUT2D eigenvalue weighted by Crippen LogP contribution is 2.24. The Morgan fingerprint density at radius 1 is 0.889 bits per heavy atom. The van der Waals surface area contributed by atoms with E-state index in [0.29, 0.717) is 6.04 Å². The van der Waals surface area contributed by atoms with Gasteiger partial charge in [0.25, 0.3) is 0 Å². The molecule has 0 spiro atoms. The van der Waals surface area contributed by atoms with E-state index >= 15 is 0 Å². The second kappa shape index (κ2) is 4.62. The predicted octanol–water partition coefficient (Wildman–Crippen LogP) is 5.01. The summed E-state index contributed by atoms with van der Waals surface area (Å²) < 4.78 is 3.39. The van der Waals surface area contributed by atoms with E-state index in [4.69, 9.17) is 0 Å². The summed E-state index contributed by atoms with van der Waals surface area (Å²) in [6.45, 7) is 2.22. The van der Waals surface area contributed by atoms with Gasteiger partial charge in [0.15, 0.2) is 0 Å². The Balaban J connectivity index is 2.00. The predicted molar refractivity (Wildman–Crippen MR) is 79.9 cm³/mol. The number of halogens is 1.